The first-order valence-corrected chi connectivity index (χ1v) is 8.48. The van der Waals surface area contributed by atoms with Crippen molar-refractivity contribution in [3.8, 4) is 0 Å². The molecule has 0 radical (unpaired) electrons. The van der Waals surface area contributed by atoms with E-state index in [0.717, 1.165) is 11.1 Å². The molecule has 1 heterocycles. The Bertz CT molecular complexity index is 942. The van der Waals surface area contributed by atoms with Crippen LogP contribution in [0.1, 0.15) is 39.9 Å². The molecule has 138 valence electrons. The lowest BCUT2D eigenvalue weighted by atomic mass is 9.95. The summed E-state index contributed by atoms with van der Waals surface area (Å²) in [6, 6.07) is 20.0. The summed E-state index contributed by atoms with van der Waals surface area (Å²) >= 11 is 0. The van der Waals surface area contributed by atoms with Crippen molar-refractivity contribution in [1.29, 1.82) is 0 Å². The molecule has 0 aliphatic heterocycles. The summed E-state index contributed by atoms with van der Waals surface area (Å²) in [5.41, 5.74) is 3.02. The molecule has 0 aliphatic carbocycles. The SMILES string of the molecule is Cc1ccnc(NC(=O)C(C)c2cccc(C(=O)c3ccccc3)c2)c1.Cl. The minimum Gasteiger partial charge on any atom is -0.310 e. The monoisotopic (exact) mass is 380 g/mol. The Balaban J connectivity index is 0.00000261. The first kappa shape index (κ1) is 20.3. The Morgan fingerprint density at radius 3 is 2.33 bits per heavy atom. The maximum absolute atomic E-state index is 12.6. The van der Waals surface area contributed by atoms with E-state index in [1.165, 1.54) is 0 Å². The van der Waals surface area contributed by atoms with E-state index < -0.39 is 5.92 Å². The molecule has 5 heteroatoms. The van der Waals surface area contributed by atoms with Crippen molar-refractivity contribution in [2.24, 2.45) is 0 Å². The van der Waals surface area contributed by atoms with Crippen molar-refractivity contribution in [3.63, 3.8) is 0 Å². The normalized spacial score (nSPS) is 11.2. The van der Waals surface area contributed by atoms with E-state index in [4.69, 9.17) is 0 Å². The van der Waals surface area contributed by atoms with Crippen molar-refractivity contribution < 1.29 is 9.59 Å². The zero-order valence-electron chi connectivity index (χ0n) is 15.2. The fourth-order valence-corrected chi connectivity index (χ4v) is 2.70. The molecule has 0 bridgehead atoms. The lowest BCUT2D eigenvalue weighted by Gasteiger charge is -2.13. The lowest BCUT2D eigenvalue weighted by molar-refractivity contribution is -0.117. The van der Waals surface area contributed by atoms with Crippen LogP contribution in [0.25, 0.3) is 0 Å². The van der Waals surface area contributed by atoms with Crippen LogP contribution in [0.15, 0.2) is 72.9 Å². The van der Waals surface area contributed by atoms with Crippen molar-refractivity contribution in [2.75, 3.05) is 5.32 Å². The fourth-order valence-electron chi connectivity index (χ4n) is 2.70. The molecular formula is C22H21ClN2O2. The first-order chi connectivity index (χ1) is 12.5. The van der Waals surface area contributed by atoms with Gasteiger partial charge in [-0.25, -0.2) is 4.98 Å². The van der Waals surface area contributed by atoms with Crippen LogP contribution in [-0.4, -0.2) is 16.7 Å². The van der Waals surface area contributed by atoms with Crippen molar-refractivity contribution in [1.82, 2.24) is 4.98 Å². The zero-order chi connectivity index (χ0) is 18.5. The van der Waals surface area contributed by atoms with Gasteiger partial charge in [-0.3, -0.25) is 9.59 Å². The minimum atomic E-state index is -0.402. The van der Waals surface area contributed by atoms with Crippen LogP contribution in [0.2, 0.25) is 0 Å². The van der Waals surface area contributed by atoms with Gasteiger partial charge in [0.1, 0.15) is 5.82 Å². The van der Waals surface area contributed by atoms with Gasteiger partial charge in [0, 0.05) is 17.3 Å². The third kappa shape index (κ3) is 5.02. The van der Waals surface area contributed by atoms with Gasteiger partial charge < -0.3 is 5.32 Å². The number of aromatic nitrogens is 1. The number of anilines is 1. The van der Waals surface area contributed by atoms with E-state index in [0.29, 0.717) is 16.9 Å². The van der Waals surface area contributed by atoms with Crippen molar-refractivity contribution >= 4 is 29.9 Å². The van der Waals surface area contributed by atoms with Gasteiger partial charge in [-0.2, -0.15) is 0 Å². The molecule has 4 nitrogen and oxygen atoms in total. The standard InChI is InChI=1S/C22H20N2O2.ClH/c1-15-11-12-23-20(13-15)24-22(26)16(2)18-9-6-10-19(14-18)21(25)17-7-4-3-5-8-17;/h3-14,16H,1-2H3,(H,23,24,26);1H. The van der Waals surface area contributed by atoms with Gasteiger partial charge in [-0.15, -0.1) is 12.4 Å². The maximum atomic E-state index is 12.6. The number of amides is 1. The summed E-state index contributed by atoms with van der Waals surface area (Å²) in [5.74, 6) is -0.0907. The second kappa shape index (κ2) is 9.10. The number of benzene rings is 2. The van der Waals surface area contributed by atoms with Crippen LogP contribution in [0.5, 0.6) is 0 Å². The molecule has 1 unspecified atom stereocenters. The molecule has 1 aromatic heterocycles. The van der Waals surface area contributed by atoms with Gasteiger partial charge >= 0.3 is 0 Å². The molecule has 0 fully saturated rings. The number of carbonyl (C=O) groups excluding carboxylic acids is 2. The summed E-state index contributed by atoms with van der Waals surface area (Å²) in [4.78, 5) is 29.3. The van der Waals surface area contributed by atoms with Crippen molar-refractivity contribution in [3.05, 3.63) is 95.2 Å². The van der Waals surface area contributed by atoms with Gasteiger partial charge in [0.15, 0.2) is 5.78 Å². The number of nitrogens with zero attached hydrogens (tertiary/aromatic N) is 1. The number of rotatable bonds is 5. The van der Waals surface area contributed by atoms with E-state index in [1.807, 2.05) is 50.2 Å². The molecule has 1 atom stereocenters. The summed E-state index contributed by atoms with van der Waals surface area (Å²) in [6.45, 7) is 3.76. The van der Waals surface area contributed by atoms with Crippen LogP contribution in [0, 0.1) is 6.92 Å². The zero-order valence-corrected chi connectivity index (χ0v) is 16.0. The Morgan fingerprint density at radius 1 is 0.926 bits per heavy atom. The van der Waals surface area contributed by atoms with Gasteiger partial charge in [-0.05, 0) is 43.2 Å². The number of halogens is 1. The van der Waals surface area contributed by atoms with Crippen LogP contribution in [0.3, 0.4) is 0 Å². The number of carbonyl (C=O) groups is 2. The molecular weight excluding hydrogens is 360 g/mol. The topological polar surface area (TPSA) is 59.1 Å². The molecule has 3 rings (SSSR count). The van der Waals surface area contributed by atoms with E-state index in [-0.39, 0.29) is 24.1 Å². The highest BCUT2D eigenvalue weighted by Gasteiger charge is 2.18. The van der Waals surface area contributed by atoms with Crippen molar-refractivity contribution in [2.45, 2.75) is 19.8 Å². The highest BCUT2D eigenvalue weighted by molar-refractivity contribution is 6.09. The highest BCUT2D eigenvalue weighted by atomic mass is 35.5. The lowest BCUT2D eigenvalue weighted by Crippen LogP contribution is -2.19. The molecule has 0 saturated heterocycles. The van der Waals surface area contributed by atoms with Gasteiger partial charge in [0.2, 0.25) is 5.91 Å². The van der Waals surface area contributed by atoms with Crippen LogP contribution >= 0.6 is 12.4 Å². The fraction of sp³-hybridized carbons (Fsp3) is 0.136. The number of pyridine rings is 1. The number of hydrogen-bond acceptors (Lipinski definition) is 3. The van der Waals surface area contributed by atoms with E-state index in [2.05, 4.69) is 10.3 Å². The third-order valence-electron chi connectivity index (χ3n) is 4.24. The summed E-state index contributed by atoms with van der Waals surface area (Å²) < 4.78 is 0. The van der Waals surface area contributed by atoms with Gasteiger partial charge in [0.05, 0.1) is 5.92 Å². The van der Waals surface area contributed by atoms with E-state index in [9.17, 15) is 9.59 Å². The molecule has 1 N–H and O–H groups in total. The molecule has 0 spiro atoms. The van der Waals surface area contributed by atoms with Crippen LogP contribution in [0.4, 0.5) is 5.82 Å². The number of aryl methyl sites for hydroxylation is 1. The molecule has 1 amide bonds. The largest absolute Gasteiger partial charge is 0.310 e. The van der Waals surface area contributed by atoms with E-state index >= 15 is 0 Å². The Labute approximate surface area is 165 Å². The maximum Gasteiger partial charge on any atom is 0.232 e. The quantitative estimate of drug-likeness (QED) is 0.647. The number of hydrogen-bond donors (Lipinski definition) is 1. The molecule has 2 aromatic carbocycles. The third-order valence-corrected chi connectivity index (χ3v) is 4.24. The predicted octanol–water partition coefficient (Wildman–Crippen LogP) is 4.79. The smallest absolute Gasteiger partial charge is 0.232 e. The average molecular weight is 381 g/mol. The molecule has 0 aliphatic rings. The van der Waals surface area contributed by atoms with Crippen LogP contribution in [-0.2, 0) is 4.79 Å². The number of ketones is 1. The van der Waals surface area contributed by atoms with E-state index in [1.54, 1.807) is 36.5 Å². The average Bonchev–Trinajstić information content (AvgIpc) is 2.67. The molecule has 3 aromatic rings. The predicted molar refractivity (Wildman–Crippen MR) is 110 cm³/mol. The first-order valence-electron chi connectivity index (χ1n) is 8.48. The highest BCUT2D eigenvalue weighted by Crippen LogP contribution is 2.20. The Morgan fingerprint density at radius 2 is 1.63 bits per heavy atom. The second-order valence-corrected chi connectivity index (χ2v) is 6.25. The molecule has 27 heavy (non-hydrogen) atoms. The molecule has 0 saturated carbocycles. The summed E-state index contributed by atoms with van der Waals surface area (Å²) in [6.07, 6.45) is 1.66. The summed E-state index contributed by atoms with van der Waals surface area (Å²) in [5, 5.41) is 2.83. The summed E-state index contributed by atoms with van der Waals surface area (Å²) in [7, 11) is 0. The van der Waals surface area contributed by atoms with Gasteiger partial charge in [-0.1, -0.05) is 48.5 Å². The Kier molecular flexibility index (Phi) is 6.85. The minimum absolute atomic E-state index is 0. The van der Waals surface area contributed by atoms with Gasteiger partial charge in [0.25, 0.3) is 0 Å². The Hall–Kier alpha value is -2.98. The second-order valence-electron chi connectivity index (χ2n) is 6.25. The van der Waals surface area contributed by atoms with Crippen LogP contribution < -0.4 is 5.32 Å². The number of nitrogens with one attached hydrogen (secondary N) is 1.